The molecule has 1 saturated carbocycles. The van der Waals surface area contributed by atoms with Crippen LogP contribution in [0.5, 0.6) is 0 Å². The van der Waals surface area contributed by atoms with Crippen LogP contribution in [-0.2, 0) is 4.79 Å². The number of imidazole rings is 1. The second kappa shape index (κ2) is 7.37. The molecule has 5 rings (SSSR count). The number of carbonyl (C=O) groups excluding carboxylic acids is 1. The average Bonchev–Trinajstić information content (AvgIpc) is 3.28. The molecule has 2 fully saturated rings. The van der Waals surface area contributed by atoms with Crippen LogP contribution in [0.4, 0.5) is 0 Å². The van der Waals surface area contributed by atoms with E-state index in [-0.39, 0.29) is 11.8 Å². The van der Waals surface area contributed by atoms with Crippen molar-refractivity contribution in [3.8, 4) is 11.5 Å². The fourth-order valence-corrected chi connectivity index (χ4v) is 4.54. The van der Waals surface area contributed by atoms with Crippen LogP contribution in [0, 0.1) is 0 Å². The van der Waals surface area contributed by atoms with E-state index in [1.165, 1.54) is 25.7 Å². The minimum absolute atomic E-state index is 0.110. The molecular formula is C21H25N5O2. The van der Waals surface area contributed by atoms with Crippen molar-refractivity contribution in [1.29, 1.82) is 0 Å². The number of carbonyl (C=O) groups is 1. The summed E-state index contributed by atoms with van der Waals surface area (Å²) in [6.45, 7) is 0.691. The highest BCUT2D eigenvalue weighted by molar-refractivity contribution is 5.77. The fraction of sp³-hybridized carbons (Fsp3) is 0.524. The number of fused-ring (bicyclic) bond motifs is 1. The molecule has 1 aliphatic heterocycles. The van der Waals surface area contributed by atoms with E-state index in [4.69, 9.17) is 4.52 Å². The van der Waals surface area contributed by atoms with Crippen LogP contribution >= 0.6 is 0 Å². The third-order valence-corrected chi connectivity index (χ3v) is 6.09. The van der Waals surface area contributed by atoms with Gasteiger partial charge >= 0.3 is 0 Å². The van der Waals surface area contributed by atoms with Crippen molar-refractivity contribution in [2.24, 2.45) is 0 Å². The van der Waals surface area contributed by atoms with Crippen molar-refractivity contribution in [3.63, 3.8) is 0 Å². The molecule has 7 heteroatoms. The van der Waals surface area contributed by atoms with Gasteiger partial charge in [0.2, 0.25) is 17.6 Å². The summed E-state index contributed by atoms with van der Waals surface area (Å²) in [6.07, 6.45) is 12.4. The maximum absolute atomic E-state index is 12.6. The normalized spacial score (nSPS) is 21.9. The summed E-state index contributed by atoms with van der Waals surface area (Å²) in [5.41, 5.74) is 1.56. The summed E-state index contributed by atoms with van der Waals surface area (Å²) in [5, 5.41) is 4.16. The molecule has 1 saturated heterocycles. The number of pyridine rings is 1. The summed E-state index contributed by atoms with van der Waals surface area (Å²) in [4.78, 5) is 23.8. The first-order valence-corrected chi connectivity index (χ1v) is 10.3. The van der Waals surface area contributed by atoms with Crippen LogP contribution < -0.4 is 0 Å². The summed E-state index contributed by atoms with van der Waals surface area (Å²) < 4.78 is 7.54. The zero-order chi connectivity index (χ0) is 18.9. The van der Waals surface area contributed by atoms with Gasteiger partial charge in [0.05, 0.1) is 5.92 Å². The van der Waals surface area contributed by atoms with Crippen LogP contribution in [0.25, 0.3) is 17.2 Å². The van der Waals surface area contributed by atoms with Crippen LogP contribution in [0.1, 0.15) is 63.2 Å². The Morgan fingerprint density at radius 1 is 1.04 bits per heavy atom. The Bertz CT molecular complexity index is 937. The Balaban J connectivity index is 1.35. The Morgan fingerprint density at radius 3 is 2.71 bits per heavy atom. The molecule has 0 spiro atoms. The molecule has 1 aliphatic carbocycles. The van der Waals surface area contributed by atoms with E-state index in [0.29, 0.717) is 36.4 Å². The molecule has 7 nitrogen and oxygen atoms in total. The maximum Gasteiger partial charge on any atom is 0.231 e. The number of rotatable bonds is 3. The third-order valence-electron chi connectivity index (χ3n) is 6.09. The van der Waals surface area contributed by atoms with Gasteiger partial charge in [-0.15, -0.1) is 0 Å². The lowest BCUT2D eigenvalue weighted by atomic mass is 9.94. The Labute approximate surface area is 163 Å². The van der Waals surface area contributed by atoms with Gasteiger partial charge in [-0.25, -0.2) is 4.98 Å². The molecule has 0 bridgehead atoms. The molecule has 28 heavy (non-hydrogen) atoms. The molecule has 0 N–H and O–H groups in total. The van der Waals surface area contributed by atoms with E-state index in [0.717, 1.165) is 24.9 Å². The summed E-state index contributed by atoms with van der Waals surface area (Å²) in [5.74, 6) is 1.53. The zero-order valence-corrected chi connectivity index (χ0v) is 16.0. The van der Waals surface area contributed by atoms with Gasteiger partial charge in [0, 0.05) is 31.4 Å². The number of likely N-dealkylation sites (tertiary alicyclic amines) is 1. The van der Waals surface area contributed by atoms with E-state index in [1.54, 1.807) is 0 Å². The predicted octanol–water partition coefficient (Wildman–Crippen LogP) is 3.81. The lowest BCUT2D eigenvalue weighted by molar-refractivity contribution is -0.136. The van der Waals surface area contributed by atoms with Crippen molar-refractivity contribution < 1.29 is 9.32 Å². The third kappa shape index (κ3) is 3.30. The van der Waals surface area contributed by atoms with Crippen molar-refractivity contribution in [3.05, 3.63) is 36.5 Å². The van der Waals surface area contributed by atoms with Gasteiger partial charge in [0.1, 0.15) is 11.3 Å². The van der Waals surface area contributed by atoms with Crippen LogP contribution in [0.3, 0.4) is 0 Å². The summed E-state index contributed by atoms with van der Waals surface area (Å²) in [7, 11) is 0. The molecule has 1 unspecified atom stereocenters. The number of aromatic nitrogens is 4. The fourth-order valence-electron chi connectivity index (χ4n) is 4.54. The van der Waals surface area contributed by atoms with E-state index >= 15 is 0 Å². The van der Waals surface area contributed by atoms with E-state index in [1.807, 2.05) is 35.0 Å². The van der Waals surface area contributed by atoms with Crippen LogP contribution in [-0.4, -0.2) is 42.9 Å². The Kier molecular flexibility index (Phi) is 4.58. The number of hydrogen-bond acceptors (Lipinski definition) is 5. The molecule has 3 aromatic heterocycles. The minimum atomic E-state index is 0.110. The number of nitrogens with zero attached hydrogens (tertiary/aromatic N) is 5. The quantitative estimate of drug-likeness (QED) is 0.647. The smallest absolute Gasteiger partial charge is 0.231 e. The highest BCUT2D eigenvalue weighted by Crippen LogP contribution is 2.32. The first-order valence-electron chi connectivity index (χ1n) is 10.3. The molecule has 4 heterocycles. The predicted molar refractivity (Wildman–Crippen MR) is 104 cm³/mol. The largest absolute Gasteiger partial charge is 0.339 e. The van der Waals surface area contributed by atoms with E-state index in [9.17, 15) is 4.79 Å². The molecule has 0 radical (unpaired) electrons. The van der Waals surface area contributed by atoms with Crippen molar-refractivity contribution >= 4 is 11.6 Å². The SMILES string of the molecule is O=C1CCC(c2nc(-c3cn4ccccc4n3)no2)CN1C1CCCCCC1. The van der Waals surface area contributed by atoms with Crippen LogP contribution in [0.2, 0.25) is 0 Å². The Morgan fingerprint density at radius 2 is 1.89 bits per heavy atom. The van der Waals surface area contributed by atoms with Gasteiger partial charge in [-0.05, 0) is 31.4 Å². The molecule has 3 aromatic rings. The average molecular weight is 379 g/mol. The first kappa shape index (κ1) is 17.4. The second-order valence-corrected chi connectivity index (χ2v) is 7.98. The van der Waals surface area contributed by atoms with E-state index in [2.05, 4.69) is 20.0 Å². The highest BCUT2D eigenvalue weighted by atomic mass is 16.5. The summed E-state index contributed by atoms with van der Waals surface area (Å²) >= 11 is 0. The van der Waals surface area contributed by atoms with Gasteiger partial charge in [-0.1, -0.05) is 36.9 Å². The zero-order valence-electron chi connectivity index (χ0n) is 16.0. The molecule has 2 aliphatic rings. The number of amides is 1. The van der Waals surface area contributed by atoms with Crippen molar-refractivity contribution in [2.75, 3.05) is 6.54 Å². The lowest BCUT2D eigenvalue weighted by Crippen LogP contribution is -2.45. The lowest BCUT2D eigenvalue weighted by Gasteiger charge is -2.37. The second-order valence-electron chi connectivity index (χ2n) is 7.98. The van der Waals surface area contributed by atoms with Gasteiger partial charge in [-0.2, -0.15) is 4.98 Å². The van der Waals surface area contributed by atoms with Gasteiger partial charge in [0.15, 0.2) is 0 Å². The molecular weight excluding hydrogens is 354 g/mol. The topological polar surface area (TPSA) is 76.5 Å². The number of piperidine rings is 1. The van der Waals surface area contributed by atoms with E-state index < -0.39 is 0 Å². The number of hydrogen-bond donors (Lipinski definition) is 0. The monoisotopic (exact) mass is 379 g/mol. The summed E-state index contributed by atoms with van der Waals surface area (Å²) in [6, 6.07) is 6.23. The first-order chi connectivity index (χ1) is 13.8. The molecule has 0 aromatic carbocycles. The Hall–Kier alpha value is -2.70. The maximum atomic E-state index is 12.6. The van der Waals surface area contributed by atoms with Crippen LogP contribution in [0.15, 0.2) is 35.1 Å². The molecule has 1 atom stereocenters. The molecule has 146 valence electrons. The minimum Gasteiger partial charge on any atom is -0.339 e. The van der Waals surface area contributed by atoms with Gasteiger partial charge in [0.25, 0.3) is 0 Å². The van der Waals surface area contributed by atoms with Crippen molar-refractivity contribution in [1.82, 2.24) is 24.4 Å². The standard InChI is InChI=1S/C21H25N5O2/c27-19-11-10-15(13-26(19)16-7-3-1-2-4-8-16)21-23-20(24-28-21)17-14-25-12-6-5-9-18(25)22-17/h5-6,9,12,14-16H,1-4,7-8,10-11,13H2. The molecule has 1 amide bonds. The van der Waals surface area contributed by atoms with Crippen molar-refractivity contribution in [2.45, 2.75) is 63.3 Å². The highest BCUT2D eigenvalue weighted by Gasteiger charge is 2.34. The van der Waals surface area contributed by atoms with Gasteiger partial charge < -0.3 is 13.8 Å². The van der Waals surface area contributed by atoms with Gasteiger partial charge in [-0.3, -0.25) is 4.79 Å².